The zero-order valence-corrected chi connectivity index (χ0v) is 10.3. The third-order valence-corrected chi connectivity index (χ3v) is 2.48. The van der Waals surface area contributed by atoms with Crippen LogP contribution < -0.4 is 5.43 Å². The second kappa shape index (κ2) is 4.59. The normalized spacial score (nSPS) is 10.5. The van der Waals surface area contributed by atoms with Gasteiger partial charge in [-0.2, -0.15) is 0 Å². The fourth-order valence-electron chi connectivity index (χ4n) is 1.19. The lowest BCUT2D eigenvalue weighted by Gasteiger charge is -2.15. The summed E-state index contributed by atoms with van der Waals surface area (Å²) in [6.07, 6.45) is 0. The number of anilines is 1. The molecule has 15 heavy (non-hydrogen) atoms. The molecule has 0 aliphatic carbocycles. The van der Waals surface area contributed by atoms with E-state index in [-0.39, 0.29) is 10.6 Å². The number of benzene rings is 1. The Hall–Kier alpha value is -1.14. The number of hydrogen-bond acceptors (Lipinski definition) is 4. The first kappa shape index (κ1) is 11.9. The molecular weight excluding hydrogens is 262 g/mol. The molecule has 0 atom stereocenters. The summed E-state index contributed by atoms with van der Waals surface area (Å²) in [4.78, 5) is 10.3. The minimum absolute atomic E-state index is 0.117. The Labute approximate surface area is 96.3 Å². The van der Waals surface area contributed by atoms with Gasteiger partial charge in [-0.1, -0.05) is 0 Å². The van der Waals surface area contributed by atoms with Gasteiger partial charge in [-0.15, -0.1) is 0 Å². The maximum Gasteiger partial charge on any atom is 0.273 e. The van der Waals surface area contributed by atoms with Gasteiger partial charge in [-0.25, -0.2) is 5.01 Å². The molecule has 0 saturated carbocycles. The van der Waals surface area contributed by atoms with Gasteiger partial charge in [0.1, 0.15) is 0 Å². The Balaban J connectivity index is 3.13. The van der Waals surface area contributed by atoms with Crippen LogP contribution in [0.5, 0.6) is 0 Å². The minimum atomic E-state index is -0.389. The molecule has 0 aromatic heterocycles. The van der Waals surface area contributed by atoms with Gasteiger partial charge in [0.05, 0.1) is 10.6 Å². The first-order valence-electron chi connectivity index (χ1n) is 4.30. The molecule has 1 aromatic rings. The molecular formula is C9H12BrN3O2. The number of nitro benzene ring substituents is 1. The van der Waals surface area contributed by atoms with Gasteiger partial charge in [0.15, 0.2) is 0 Å². The molecule has 0 fully saturated rings. The Morgan fingerprint density at radius 3 is 2.53 bits per heavy atom. The summed E-state index contributed by atoms with van der Waals surface area (Å²) < 4.78 is 0.675. The summed E-state index contributed by atoms with van der Waals surface area (Å²) in [6, 6.07) is 3.24. The van der Waals surface area contributed by atoms with E-state index in [9.17, 15) is 10.1 Å². The van der Waals surface area contributed by atoms with Crippen molar-refractivity contribution >= 4 is 27.3 Å². The van der Waals surface area contributed by atoms with E-state index in [0.717, 1.165) is 5.69 Å². The quantitative estimate of drug-likeness (QED) is 0.679. The molecule has 1 N–H and O–H groups in total. The van der Waals surface area contributed by atoms with Crippen LogP contribution in [0.15, 0.2) is 16.6 Å². The van der Waals surface area contributed by atoms with Crippen molar-refractivity contribution in [3.05, 3.63) is 32.3 Å². The second-order valence-corrected chi connectivity index (χ2v) is 4.24. The number of nitrogens with one attached hydrogen (secondary N) is 1. The van der Waals surface area contributed by atoms with Gasteiger partial charge < -0.3 is 5.43 Å². The van der Waals surface area contributed by atoms with E-state index < -0.39 is 0 Å². The maximum atomic E-state index is 10.7. The molecule has 1 rings (SSSR count). The smallest absolute Gasteiger partial charge is 0.273 e. The number of nitrogens with zero attached hydrogens (tertiary/aromatic N) is 2. The van der Waals surface area contributed by atoms with Crippen LogP contribution in [0.3, 0.4) is 0 Å². The Kier molecular flexibility index (Phi) is 3.65. The lowest BCUT2D eigenvalue weighted by Crippen LogP contribution is -2.19. The van der Waals surface area contributed by atoms with Gasteiger partial charge >= 0.3 is 0 Å². The minimum Gasteiger partial charge on any atom is -0.318 e. The second-order valence-electron chi connectivity index (χ2n) is 3.38. The highest BCUT2D eigenvalue weighted by atomic mass is 79.9. The predicted octanol–water partition coefficient (Wildman–Crippen LogP) is 2.55. The molecule has 0 saturated heterocycles. The summed E-state index contributed by atoms with van der Waals surface area (Å²) in [6.45, 7) is 1.71. The van der Waals surface area contributed by atoms with E-state index in [0.29, 0.717) is 10.0 Å². The standard InChI is InChI=1S/C9H12BrN3O2/c1-6-4-8(11-12(2)3)7(10)5-9(6)13(14)15/h4-5,11H,1-3H3. The molecule has 0 amide bonds. The highest BCUT2D eigenvalue weighted by molar-refractivity contribution is 9.10. The SMILES string of the molecule is Cc1cc(NN(C)C)c(Br)cc1[N+](=O)[O-]. The number of hydrogen-bond donors (Lipinski definition) is 1. The summed E-state index contributed by atoms with van der Waals surface area (Å²) in [7, 11) is 3.70. The van der Waals surface area contributed by atoms with Gasteiger partial charge in [0.25, 0.3) is 5.69 Å². The average molecular weight is 274 g/mol. The molecule has 1 aromatic carbocycles. The third-order valence-electron chi connectivity index (χ3n) is 1.83. The average Bonchev–Trinajstić information content (AvgIpc) is 2.09. The van der Waals surface area contributed by atoms with E-state index in [1.165, 1.54) is 6.07 Å². The summed E-state index contributed by atoms with van der Waals surface area (Å²) in [5.41, 5.74) is 4.60. The van der Waals surface area contributed by atoms with Crippen LogP contribution in [0.25, 0.3) is 0 Å². The van der Waals surface area contributed by atoms with Crippen molar-refractivity contribution in [2.24, 2.45) is 0 Å². The fraction of sp³-hybridized carbons (Fsp3) is 0.333. The van der Waals surface area contributed by atoms with Crippen LogP contribution >= 0.6 is 15.9 Å². The van der Waals surface area contributed by atoms with Crippen LogP contribution in [0.4, 0.5) is 11.4 Å². The summed E-state index contributed by atoms with van der Waals surface area (Å²) in [5, 5.41) is 12.4. The first-order valence-corrected chi connectivity index (χ1v) is 5.09. The van der Waals surface area contributed by atoms with Gasteiger partial charge in [-0.3, -0.25) is 10.1 Å². The van der Waals surface area contributed by atoms with E-state index in [1.54, 1.807) is 18.0 Å². The van der Waals surface area contributed by atoms with Crippen molar-refractivity contribution in [1.82, 2.24) is 5.01 Å². The largest absolute Gasteiger partial charge is 0.318 e. The fourth-order valence-corrected chi connectivity index (χ4v) is 1.61. The van der Waals surface area contributed by atoms with E-state index in [1.807, 2.05) is 14.1 Å². The monoisotopic (exact) mass is 273 g/mol. The Bertz CT molecular complexity index is 393. The molecule has 0 unspecified atom stereocenters. The van der Waals surface area contributed by atoms with E-state index >= 15 is 0 Å². The maximum absolute atomic E-state index is 10.7. The van der Waals surface area contributed by atoms with E-state index in [4.69, 9.17) is 0 Å². The van der Waals surface area contributed by atoms with Crippen LogP contribution in [0.2, 0.25) is 0 Å². The Morgan fingerprint density at radius 1 is 1.47 bits per heavy atom. The van der Waals surface area contributed by atoms with Crippen molar-refractivity contribution in [2.45, 2.75) is 6.92 Å². The highest BCUT2D eigenvalue weighted by Gasteiger charge is 2.14. The predicted molar refractivity (Wildman–Crippen MR) is 62.8 cm³/mol. The molecule has 0 aliphatic rings. The highest BCUT2D eigenvalue weighted by Crippen LogP contribution is 2.30. The van der Waals surface area contributed by atoms with Crippen molar-refractivity contribution < 1.29 is 4.92 Å². The molecule has 0 aliphatic heterocycles. The van der Waals surface area contributed by atoms with Gasteiger partial charge in [0, 0.05) is 30.2 Å². The number of halogens is 1. The van der Waals surface area contributed by atoms with Crippen LogP contribution in [-0.2, 0) is 0 Å². The van der Waals surface area contributed by atoms with Gasteiger partial charge in [-0.05, 0) is 28.9 Å². The molecule has 0 bridgehead atoms. The van der Waals surface area contributed by atoms with Crippen LogP contribution in [0, 0.1) is 17.0 Å². The molecule has 6 heteroatoms. The van der Waals surface area contributed by atoms with Crippen molar-refractivity contribution in [3.8, 4) is 0 Å². The zero-order valence-electron chi connectivity index (χ0n) is 8.74. The number of aryl methyl sites for hydroxylation is 1. The third kappa shape index (κ3) is 2.90. The Morgan fingerprint density at radius 2 is 2.07 bits per heavy atom. The van der Waals surface area contributed by atoms with Crippen molar-refractivity contribution in [3.63, 3.8) is 0 Å². The zero-order chi connectivity index (χ0) is 11.6. The number of nitro groups is 1. The first-order chi connectivity index (χ1) is 6.91. The number of hydrazine groups is 1. The van der Waals surface area contributed by atoms with Crippen LogP contribution in [0.1, 0.15) is 5.56 Å². The van der Waals surface area contributed by atoms with Crippen molar-refractivity contribution in [2.75, 3.05) is 19.5 Å². The topological polar surface area (TPSA) is 58.4 Å². The molecule has 82 valence electrons. The molecule has 5 nitrogen and oxygen atoms in total. The molecule has 0 radical (unpaired) electrons. The van der Waals surface area contributed by atoms with Gasteiger partial charge in [0.2, 0.25) is 0 Å². The van der Waals surface area contributed by atoms with Crippen molar-refractivity contribution in [1.29, 1.82) is 0 Å². The lowest BCUT2D eigenvalue weighted by atomic mass is 10.2. The van der Waals surface area contributed by atoms with E-state index in [2.05, 4.69) is 21.4 Å². The lowest BCUT2D eigenvalue weighted by molar-refractivity contribution is -0.385. The summed E-state index contributed by atoms with van der Waals surface area (Å²) in [5.74, 6) is 0. The van der Waals surface area contributed by atoms with Crippen LogP contribution in [-0.4, -0.2) is 24.0 Å². The molecule has 0 heterocycles. The number of rotatable bonds is 3. The summed E-state index contributed by atoms with van der Waals surface area (Å²) >= 11 is 3.28. The molecule has 0 spiro atoms.